The van der Waals surface area contributed by atoms with Gasteiger partial charge in [-0.15, -0.1) is 0 Å². The molecule has 0 bridgehead atoms. The summed E-state index contributed by atoms with van der Waals surface area (Å²) in [6.07, 6.45) is -2.80. The van der Waals surface area contributed by atoms with Gasteiger partial charge in [-0.3, -0.25) is 9.69 Å². The van der Waals surface area contributed by atoms with Gasteiger partial charge in [0.2, 0.25) is 0 Å². The third-order valence-electron chi connectivity index (χ3n) is 3.46. The van der Waals surface area contributed by atoms with Crippen molar-refractivity contribution in [1.82, 2.24) is 10.2 Å². The normalized spacial score (nSPS) is 16.8. The van der Waals surface area contributed by atoms with Crippen molar-refractivity contribution in [3.63, 3.8) is 0 Å². The van der Waals surface area contributed by atoms with Gasteiger partial charge < -0.3 is 10.4 Å². The first-order valence-corrected chi connectivity index (χ1v) is 7.35. The summed E-state index contributed by atoms with van der Waals surface area (Å²) >= 11 is 0. The molecule has 2 unspecified atom stereocenters. The minimum atomic E-state index is -4.28. The summed E-state index contributed by atoms with van der Waals surface area (Å²) in [5, 5.41) is 12.3. The summed E-state index contributed by atoms with van der Waals surface area (Å²) in [6, 6.07) is -0.475. The lowest BCUT2D eigenvalue weighted by atomic mass is 9.92. The van der Waals surface area contributed by atoms with Crippen LogP contribution in [0, 0.1) is 0 Å². The molecular formula is C14H27F3N2O2. The third-order valence-corrected chi connectivity index (χ3v) is 3.46. The largest absolute Gasteiger partial charge is 0.480 e. The lowest BCUT2D eigenvalue weighted by molar-refractivity contribution is -0.153. The Morgan fingerprint density at radius 2 is 1.86 bits per heavy atom. The predicted molar refractivity (Wildman–Crippen MR) is 76.3 cm³/mol. The summed E-state index contributed by atoms with van der Waals surface area (Å²) in [5.74, 6) is -1.04. The predicted octanol–water partition coefficient (Wildman–Crippen LogP) is 2.88. The standard InChI is InChI=1S/C14H27F3N2O2/c1-5-7-18-13(4,12(20)21)9-11(3)19(8-6-2)10-14(15,16)17/h11,18H,5-10H2,1-4H3,(H,20,21). The van der Waals surface area contributed by atoms with E-state index in [4.69, 9.17) is 0 Å². The molecule has 0 fully saturated rings. The van der Waals surface area contributed by atoms with E-state index in [1.54, 1.807) is 6.92 Å². The van der Waals surface area contributed by atoms with Crippen LogP contribution < -0.4 is 5.32 Å². The molecule has 0 aromatic heterocycles. The second-order valence-electron chi connectivity index (χ2n) is 5.70. The molecular weight excluding hydrogens is 285 g/mol. The van der Waals surface area contributed by atoms with Crippen molar-refractivity contribution in [2.24, 2.45) is 0 Å². The quantitative estimate of drug-likeness (QED) is 0.651. The number of carboxylic acid groups (broad SMARTS) is 1. The molecule has 21 heavy (non-hydrogen) atoms. The number of nitrogens with zero attached hydrogens (tertiary/aromatic N) is 1. The van der Waals surface area contributed by atoms with E-state index >= 15 is 0 Å². The van der Waals surface area contributed by atoms with Gasteiger partial charge in [-0.25, -0.2) is 0 Å². The molecule has 0 saturated heterocycles. The average molecular weight is 312 g/mol. The van der Waals surface area contributed by atoms with E-state index < -0.39 is 30.3 Å². The summed E-state index contributed by atoms with van der Waals surface area (Å²) in [6.45, 7) is 6.70. The SMILES string of the molecule is CCCNC(C)(CC(C)N(CCC)CC(F)(F)F)C(=O)O. The van der Waals surface area contributed by atoms with Crippen LogP contribution in [0.15, 0.2) is 0 Å². The summed E-state index contributed by atoms with van der Waals surface area (Å²) in [7, 11) is 0. The van der Waals surface area contributed by atoms with E-state index in [-0.39, 0.29) is 6.42 Å². The van der Waals surface area contributed by atoms with Gasteiger partial charge in [0.05, 0.1) is 6.54 Å². The van der Waals surface area contributed by atoms with Crippen LogP contribution in [-0.2, 0) is 4.79 Å². The van der Waals surface area contributed by atoms with Crippen LogP contribution in [0.5, 0.6) is 0 Å². The van der Waals surface area contributed by atoms with Gasteiger partial charge in [-0.2, -0.15) is 13.2 Å². The summed E-state index contributed by atoms with van der Waals surface area (Å²) in [4.78, 5) is 12.7. The lowest BCUT2D eigenvalue weighted by Gasteiger charge is -2.35. The van der Waals surface area contributed by atoms with E-state index in [0.717, 1.165) is 6.42 Å². The minimum Gasteiger partial charge on any atom is -0.480 e. The second kappa shape index (κ2) is 8.58. The number of aliphatic carboxylic acids is 1. The maximum Gasteiger partial charge on any atom is 0.401 e. The second-order valence-corrected chi connectivity index (χ2v) is 5.70. The molecule has 2 N–H and O–H groups in total. The Kier molecular flexibility index (Phi) is 8.25. The molecule has 0 aromatic carbocycles. The monoisotopic (exact) mass is 312 g/mol. The van der Waals surface area contributed by atoms with Gasteiger partial charge in [-0.1, -0.05) is 13.8 Å². The zero-order chi connectivity index (χ0) is 16.7. The number of nitrogens with one attached hydrogen (secondary N) is 1. The first-order chi connectivity index (χ1) is 9.55. The van der Waals surface area contributed by atoms with Crippen molar-refractivity contribution >= 4 is 5.97 Å². The maximum atomic E-state index is 12.6. The first-order valence-electron chi connectivity index (χ1n) is 7.35. The number of alkyl halides is 3. The number of rotatable bonds is 10. The Morgan fingerprint density at radius 3 is 2.24 bits per heavy atom. The highest BCUT2D eigenvalue weighted by Crippen LogP contribution is 2.22. The average Bonchev–Trinajstić information content (AvgIpc) is 2.34. The first kappa shape index (κ1) is 20.2. The van der Waals surface area contributed by atoms with Crippen molar-refractivity contribution < 1.29 is 23.1 Å². The van der Waals surface area contributed by atoms with Crippen LogP contribution in [0.25, 0.3) is 0 Å². The topological polar surface area (TPSA) is 52.6 Å². The van der Waals surface area contributed by atoms with Crippen LogP contribution in [0.3, 0.4) is 0 Å². The molecule has 0 aliphatic rings. The molecule has 4 nitrogen and oxygen atoms in total. The van der Waals surface area contributed by atoms with E-state index in [9.17, 15) is 23.1 Å². The molecule has 0 aliphatic carbocycles. The minimum absolute atomic E-state index is 0.123. The number of halogens is 3. The molecule has 0 spiro atoms. The molecule has 2 atom stereocenters. The smallest absolute Gasteiger partial charge is 0.401 e. The van der Waals surface area contributed by atoms with Gasteiger partial charge in [0, 0.05) is 6.04 Å². The van der Waals surface area contributed by atoms with E-state index in [1.165, 1.54) is 11.8 Å². The highest BCUT2D eigenvalue weighted by atomic mass is 19.4. The van der Waals surface area contributed by atoms with Gasteiger partial charge in [0.1, 0.15) is 5.54 Å². The van der Waals surface area contributed by atoms with Gasteiger partial charge in [0.15, 0.2) is 0 Å². The fourth-order valence-electron chi connectivity index (χ4n) is 2.33. The Bertz CT molecular complexity index is 324. The van der Waals surface area contributed by atoms with Crippen LogP contribution in [-0.4, -0.2) is 53.4 Å². The Balaban J connectivity index is 4.90. The summed E-state index contributed by atoms with van der Waals surface area (Å²) in [5.41, 5.74) is -1.22. The molecule has 7 heteroatoms. The van der Waals surface area contributed by atoms with E-state index in [1.807, 2.05) is 13.8 Å². The molecule has 0 radical (unpaired) electrons. The molecule has 0 aliphatic heterocycles. The van der Waals surface area contributed by atoms with Crippen molar-refractivity contribution in [3.8, 4) is 0 Å². The number of carbonyl (C=O) groups is 1. The highest BCUT2D eigenvalue weighted by molar-refractivity contribution is 5.78. The Morgan fingerprint density at radius 1 is 1.29 bits per heavy atom. The van der Waals surface area contributed by atoms with Gasteiger partial charge in [0.25, 0.3) is 0 Å². The molecule has 0 heterocycles. The highest BCUT2D eigenvalue weighted by Gasteiger charge is 2.38. The molecule has 0 rings (SSSR count). The van der Waals surface area contributed by atoms with Gasteiger partial charge in [-0.05, 0) is 46.2 Å². The Hall–Kier alpha value is -0.820. The number of carboxylic acids is 1. The third kappa shape index (κ3) is 7.66. The van der Waals surface area contributed by atoms with E-state index in [2.05, 4.69) is 5.32 Å². The number of hydrogen-bond acceptors (Lipinski definition) is 3. The van der Waals surface area contributed by atoms with Crippen LogP contribution in [0.1, 0.15) is 47.0 Å². The van der Waals surface area contributed by atoms with E-state index in [0.29, 0.717) is 19.5 Å². The molecule has 0 aromatic rings. The van der Waals surface area contributed by atoms with Crippen LogP contribution >= 0.6 is 0 Å². The van der Waals surface area contributed by atoms with Crippen LogP contribution in [0.4, 0.5) is 13.2 Å². The zero-order valence-electron chi connectivity index (χ0n) is 13.3. The molecule has 126 valence electrons. The molecule has 0 amide bonds. The van der Waals surface area contributed by atoms with Crippen LogP contribution in [0.2, 0.25) is 0 Å². The van der Waals surface area contributed by atoms with Crippen molar-refractivity contribution in [2.45, 2.75) is 64.7 Å². The maximum absolute atomic E-state index is 12.6. The summed E-state index contributed by atoms with van der Waals surface area (Å²) < 4.78 is 37.8. The Labute approximate surface area is 124 Å². The van der Waals surface area contributed by atoms with Crippen molar-refractivity contribution in [2.75, 3.05) is 19.6 Å². The fraction of sp³-hybridized carbons (Fsp3) is 0.929. The zero-order valence-corrected chi connectivity index (χ0v) is 13.3. The van der Waals surface area contributed by atoms with Crippen molar-refractivity contribution in [3.05, 3.63) is 0 Å². The van der Waals surface area contributed by atoms with Crippen molar-refractivity contribution in [1.29, 1.82) is 0 Å². The number of hydrogen-bond donors (Lipinski definition) is 2. The lowest BCUT2D eigenvalue weighted by Crippen LogP contribution is -2.54. The molecule has 0 saturated carbocycles. The fourth-order valence-corrected chi connectivity index (χ4v) is 2.33. The van der Waals surface area contributed by atoms with Gasteiger partial charge >= 0.3 is 12.1 Å².